The maximum Gasteiger partial charge on any atom is 0.436 e. The van der Waals surface area contributed by atoms with Gasteiger partial charge in [-0.1, -0.05) is 17.7 Å². The Morgan fingerprint density at radius 2 is 1.95 bits per heavy atom. The van der Waals surface area contributed by atoms with E-state index in [9.17, 15) is 22.8 Å². The standard InChI is InChI=1S/C23H19ClF3N7O3/c24-14-4-5-17-15(9-14)19(30-29-17)21(35)32-37-22(36)16-12-34(31-20(16)23(25,26)27)11-13-3-6-18(28-10-13)33-7-1-2-8-33/h3-6,9-10,12H,1-2,7-8,11H2,(H,29,30)(H,32,35). The smallest absolute Gasteiger partial charge is 0.357 e. The summed E-state index contributed by atoms with van der Waals surface area (Å²) in [6.07, 6.45) is -0.293. The first-order valence-electron chi connectivity index (χ1n) is 11.2. The minimum atomic E-state index is -4.93. The third-order valence-corrected chi connectivity index (χ3v) is 6.05. The number of fused-ring (bicyclic) bond motifs is 1. The number of hydrogen-bond donors (Lipinski definition) is 2. The molecule has 0 radical (unpaired) electrons. The summed E-state index contributed by atoms with van der Waals surface area (Å²) in [6.45, 7) is 1.76. The molecule has 3 aromatic heterocycles. The van der Waals surface area contributed by atoms with Crippen LogP contribution in [0.3, 0.4) is 0 Å². The van der Waals surface area contributed by atoms with Crippen molar-refractivity contribution in [3.8, 4) is 0 Å². The van der Waals surface area contributed by atoms with Gasteiger partial charge in [0.1, 0.15) is 11.4 Å². The third-order valence-electron chi connectivity index (χ3n) is 5.81. The number of nitrogens with zero attached hydrogens (tertiary/aromatic N) is 5. The predicted molar refractivity (Wildman–Crippen MR) is 126 cm³/mol. The second-order valence-corrected chi connectivity index (χ2v) is 8.82. The lowest BCUT2D eigenvalue weighted by Gasteiger charge is -2.16. The maximum absolute atomic E-state index is 13.6. The zero-order valence-electron chi connectivity index (χ0n) is 19.0. The van der Waals surface area contributed by atoms with E-state index in [-0.39, 0.29) is 12.2 Å². The molecule has 2 N–H and O–H groups in total. The highest BCUT2D eigenvalue weighted by molar-refractivity contribution is 6.31. The Morgan fingerprint density at radius 3 is 2.65 bits per heavy atom. The molecule has 4 aromatic rings. The number of hydroxylamine groups is 1. The zero-order valence-corrected chi connectivity index (χ0v) is 19.8. The van der Waals surface area contributed by atoms with Gasteiger partial charge >= 0.3 is 18.1 Å². The van der Waals surface area contributed by atoms with Crippen molar-refractivity contribution < 1.29 is 27.6 Å². The van der Waals surface area contributed by atoms with Crippen LogP contribution in [-0.2, 0) is 17.6 Å². The number of anilines is 1. The van der Waals surface area contributed by atoms with Crippen LogP contribution in [0.15, 0.2) is 42.7 Å². The van der Waals surface area contributed by atoms with Crippen molar-refractivity contribution in [2.24, 2.45) is 0 Å². The monoisotopic (exact) mass is 533 g/mol. The summed E-state index contributed by atoms with van der Waals surface area (Å²) >= 11 is 5.94. The van der Waals surface area contributed by atoms with Gasteiger partial charge in [-0.05, 0) is 42.7 Å². The summed E-state index contributed by atoms with van der Waals surface area (Å²) in [6, 6.07) is 8.18. The van der Waals surface area contributed by atoms with Gasteiger partial charge in [0, 0.05) is 35.9 Å². The maximum atomic E-state index is 13.6. The SMILES string of the molecule is O=C(ONC(=O)c1n[nH]c2ccc(Cl)cc12)c1cn(Cc2ccc(N3CCCC3)nc2)nc1C(F)(F)F. The lowest BCUT2D eigenvalue weighted by Crippen LogP contribution is -2.28. The van der Waals surface area contributed by atoms with Crippen molar-refractivity contribution in [3.63, 3.8) is 0 Å². The van der Waals surface area contributed by atoms with Crippen LogP contribution in [0.1, 0.15) is 44.9 Å². The van der Waals surface area contributed by atoms with Gasteiger partial charge in [-0.3, -0.25) is 14.6 Å². The highest BCUT2D eigenvalue weighted by atomic mass is 35.5. The van der Waals surface area contributed by atoms with E-state index in [1.807, 2.05) is 5.48 Å². The number of carbonyl (C=O) groups excluding carboxylic acids is 2. The molecule has 1 aromatic carbocycles. The van der Waals surface area contributed by atoms with Gasteiger partial charge in [0.05, 0.1) is 12.1 Å². The van der Waals surface area contributed by atoms with E-state index in [0.717, 1.165) is 42.6 Å². The molecule has 5 rings (SSSR count). The highest BCUT2D eigenvalue weighted by Crippen LogP contribution is 2.31. The second kappa shape index (κ2) is 9.73. The first kappa shape index (κ1) is 24.6. The number of aromatic amines is 1. The summed E-state index contributed by atoms with van der Waals surface area (Å²) < 4.78 is 41.8. The summed E-state index contributed by atoms with van der Waals surface area (Å²) in [7, 11) is 0. The Morgan fingerprint density at radius 1 is 1.16 bits per heavy atom. The van der Waals surface area contributed by atoms with Crippen LogP contribution in [0, 0.1) is 0 Å². The molecule has 192 valence electrons. The van der Waals surface area contributed by atoms with Crippen molar-refractivity contribution in [1.29, 1.82) is 0 Å². The molecule has 1 amide bonds. The normalized spacial score (nSPS) is 13.8. The van der Waals surface area contributed by atoms with Crippen molar-refractivity contribution in [3.05, 3.63) is 70.3 Å². The topological polar surface area (TPSA) is 118 Å². The number of halogens is 4. The Hall–Kier alpha value is -4.13. The molecule has 14 heteroatoms. The van der Waals surface area contributed by atoms with E-state index < -0.39 is 29.3 Å². The quantitative estimate of drug-likeness (QED) is 0.373. The molecule has 0 aliphatic carbocycles. The zero-order chi connectivity index (χ0) is 26.2. The van der Waals surface area contributed by atoms with Crippen molar-refractivity contribution in [1.82, 2.24) is 30.4 Å². The van der Waals surface area contributed by atoms with Crippen molar-refractivity contribution in [2.45, 2.75) is 25.6 Å². The Kier molecular flexibility index (Phi) is 6.46. The van der Waals surface area contributed by atoms with Gasteiger partial charge in [-0.25, -0.2) is 9.78 Å². The minimum Gasteiger partial charge on any atom is -0.357 e. The second-order valence-electron chi connectivity index (χ2n) is 8.39. The Balaban J connectivity index is 1.30. The van der Waals surface area contributed by atoms with Gasteiger partial charge in [0.2, 0.25) is 0 Å². The molecule has 0 spiro atoms. The number of amides is 1. The van der Waals surface area contributed by atoms with Crippen LogP contribution in [0.25, 0.3) is 10.9 Å². The van der Waals surface area contributed by atoms with Crippen LogP contribution >= 0.6 is 11.6 Å². The summed E-state index contributed by atoms with van der Waals surface area (Å²) in [5.41, 5.74) is 0.469. The van der Waals surface area contributed by atoms with Crippen LogP contribution in [0.5, 0.6) is 0 Å². The van der Waals surface area contributed by atoms with E-state index in [2.05, 4.69) is 30.0 Å². The number of H-pyrrole nitrogens is 1. The summed E-state index contributed by atoms with van der Waals surface area (Å²) in [5.74, 6) is -1.59. The van der Waals surface area contributed by atoms with E-state index in [0.29, 0.717) is 21.5 Å². The van der Waals surface area contributed by atoms with Gasteiger partial charge in [0.15, 0.2) is 11.4 Å². The molecule has 1 aliphatic rings. The number of alkyl halides is 3. The highest BCUT2D eigenvalue weighted by Gasteiger charge is 2.40. The van der Waals surface area contributed by atoms with Crippen LogP contribution in [-0.4, -0.2) is 49.9 Å². The number of rotatable bonds is 5. The van der Waals surface area contributed by atoms with E-state index in [1.165, 1.54) is 6.07 Å². The average Bonchev–Trinajstić information content (AvgIpc) is 3.62. The molecule has 0 unspecified atom stereocenters. The molecule has 1 saturated heterocycles. The number of hydrogen-bond acceptors (Lipinski definition) is 7. The van der Waals surface area contributed by atoms with E-state index in [4.69, 9.17) is 11.6 Å². The lowest BCUT2D eigenvalue weighted by molar-refractivity contribution is -0.142. The number of pyridine rings is 1. The van der Waals surface area contributed by atoms with E-state index in [1.54, 1.807) is 30.5 Å². The summed E-state index contributed by atoms with van der Waals surface area (Å²) in [5, 5.41) is 10.7. The van der Waals surface area contributed by atoms with Gasteiger partial charge in [0.25, 0.3) is 0 Å². The van der Waals surface area contributed by atoms with Gasteiger partial charge < -0.3 is 9.74 Å². The van der Waals surface area contributed by atoms with Crippen molar-refractivity contribution >= 4 is 40.2 Å². The first-order valence-corrected chi connectivity index (χ1v) is 11.6. The van der Waals surface area contributed by atoms with Crippen molar-refractivity contribution in [2.75, 3.05) is 18.0 Å². The minimum absolute atomic E-state index is 0.0595. The molecular weight excluding hydrogens is 515 g/mol. The molecule has 37 heavy (non-hydrogen) atoms. The fraction of sp³-hybridized carbons (Fsp3) is 0.261. The third kappa shape index (κ3) is 5.21. The van der Waals surface area contributed by atoms with Crippen LogP contribution in [0.2, 0.25) is 5.02 Å². The van der Waals surface area contributed by atoms with Gasteiger partial charge in [-0.15, -0.1) is 0 Å². The molecule has 0 saturated carbocycles. The number of carbonyl (C=O) groups is 2. The number of benzene rings is 1. The number of aromatic nitrogens is 5. The lowest BCUT2D eigenvalue weighted by atomic mass is 10.2. The fourth-order valence-corrected chi connectivity index (χ4v) is 4.22. The fourth-order valence-electron chi connectivity index (χ4n) is 4.05. The van der Waals surface area contributed by atoms with Gasteiger partial charge in [-0.2, -0.15) is 28.8 Å². The molecule has 0 atom stereocenters. The molecule has 1 aliphatic heterocycles. The predicted octanol–water partition coefficient (Wildman–Crippen LogP) is 3.98. The first-order chi connectivity index (χ1) is 17.7. The molecular formula is C23H19ClF3N7O3. The average molecular weight is 534 g/mol. The Labute approximate surface area is 212 Å². The molecule has 10 nitrogen and oxygen atoms in total. The van der Waals surface area contributed by atoms with Crippen LogP contribution in [0.4, 0.5) is 19.0 Å². The Bertz CT molecular complexity index is 1460. The van der Waals surface area contributed by atoms with Crippen LogP contribution < -0.4 is 10.4 Å². The molecule has 0 bridgehead atoms. The molecule has 4 heterocycles. The largest absolute Gasteiger partial charge is 0.436 e. The summed E-state index contributed by atoms with van der Waals surface area (Å²) in [4.78, 5) is 36.1. The number of nitrogens with one attached hydrogen (secondary N) is 2. The molecule has 1 fully saturated rings. The van der Waals surface area contributed by atoms with E-state index >= 15 is 0 Å².